The van der Waals surface area contributed by atoms with Gasteiger partial charge >= 0.3 is 0 Å². The molecule has 1 heterocycles. The summed E-state index contributed by atoms with van der Waals surface area (Å²) in [6, 6.07) is 20.6. The Labute approximate surface area is 138 Å². The van der Waals surface area contributed by atoms with E-state index in [-0.39, 0.29) is 5.91 Å². The molecule has 0 bridgehead atoms. The van der Waals surface area contributed by atoms with Gasteiger partial charge in [-0.3, -0.25) is 4.79 Å². The number of ether oxygens (including phenoxy) is 1. The van der Waals surface area contributed by atoms with E-state index in [9.17, 15) is 4.79 Å². The molecular formula is C20H15NO3. The minimum atomic E-state index is -0.209. The summed E-state index contributed by atoms with van der Waals surface area (Å²) >= 11 is 0. The Morgan fingerprint density at radius 3 is 2.54 bits per heavy atom. The highest BCUT2D eigenvalue weighted by Crippen LogP contribution is 2.30. The van der Waals surface area contributed by atoms with Crippen LogP contribution in [0.1, 0.15) is 10.4 Å². The lowest BCUT2D eigenvalue weighted by molar-refractivity contribution is 0.102. The summed E-state index contributed by atoms with van der Waals surface area (Å²) in [6.07, 6.45) is 0. The first-order chi connectivity index (χ1) is 11.8. The van der Waals surface area contributed by atoms with Crippen LogP contribution in [0.2, 0.25) is 0 Å². The van der Waals surface area contributed by atoms with Gasteiger partial charge in [-0.25, -0.2) is 0 Å². The van der Waals surface area contributed by atoms with E-state index in [1.165, 1.54) is 0 Å². The SMILES string of the molecule is COc1ccccc1C(=O)Nc1ccc2oc3ccccc3c2c1. The smallest absolute Gasteiger partial charge is 0.259 e. The number of carbonyl (C=O) groups is 1. The van der Waals surface area contributed by atoms with Crippen molar-refractivity contribution in [3.8, 4) is 5.75 Å². The van der Waals surface area contributed by atoms with Gasteiger partial charge in [-0.2, -0.15) is 0 Å². The van der Waals surface area contributed by atoms with Gasteiger partial charge in [0.2, 0.25) is 0 Å². The number of benzene rings is 3. The topological polar surface area (TPSA) is 51.5 Å². The van der Waals surface area contributed by atoms with Crippen LogP contribution in [-0.2, 0) is 0 Å². The third kappa shape index (κ3) is 2.38. The second-order valence-electron chi connectivity index (χ2n) is 5.46. The van der Waals surface area contributed by atoms with Crippen molar-refractivity contribution in [2.75, 3.05) is 12.4 Å². The van der Waals surface area contributed by atoms with E-state index in [2.05, 4.69) is 5.32 Å². The Morgan fingerprint density at radius 2 is 1.67 bits per heavy atom. The van der Waals surface area contributed by atoms with Crippen molar-refractivity contribution in [3.63, 3.8) is 0 Å². The maximum atomic E-state index is 12.5. The maximum Gasteiger partial charge on any atom is 0.259 e. The molecule has 0 aliphatic rings. The van der Waals surface area contributed by atoms with E-state index >= 15 is 0 Å². The van der Waals surface area contributed by atoms with Crippen LogP contribution < -0.4 is 10.1 Å². The number of para-hydroxylation sites is 2. The average molecular weight is 317 g/mol. The lowest BCUT2D eigenvalue weighted by atomic mass is 10.1. The Balaban J connectivity index is 1.71. The predicted octanol–water partition coefficient (Wildman–Crippen LogP) is 4.85. The number of amides is 1. The first-order valence-electron chi connectivity index (χ1n) is 7.62. The van der Waals surface area contributed by atoms with Crippen LogP contribution in [0.4, 0.5) is 5.69 Å². The van der Waals surface area contributed by atoms with Crippen molar-refractivity contribution in [2.24, 2.45) is 0 Å². The summed E-state index contributed by atoms with van der Waals surface area (Å²) in [5.41, 5.74) is 2.84. The number of nitrogens with one attached hydrogen (secondary N) is 1. The molecule has 0 fully saturated rings. The van der Waals surface area contributed by atoms with Crippen LogP contribution >= 0.6 is 0 Å². The van der Waals surface area contributed by atoms with E-state index in [4.69, 9.17) is 9.15 Å². The van der Waals surface area contributed by atoms with Gasteiger partial charge in [0.25, 0.3) is 5.91 Å². The number of hydrogen-bond donors (Lipinski definition) is 1. The molecule has 4 rings (SSSR count). The lowest BCUT2D eigenvalue weighted by Gasteiger charge is -2.09. The van der Waals surface area contributed by atoms with Crippen LogP contribution in [0.25, 0.3) is 21.9 Å². The van der Waals surface area contributed by atoms with Crippen LogP contribution in [0.5, 0.6) is 5.75 Å². The van der Waals surface area contributed by atoms with E-state index in [1.807, 2.05) is 54.6 Å². The number of fused-ring (bicyclic) bond motifs is 3. The quantitative estimate of drug-likeness (QED) is 0.588. The molecule has 24 heavy (non-hydrogen) atoms. The Kier molecular flexibility index (Phi) is 3.43. The number of furan rings is 1. The molecule has 0 unspecified atom stereocenters. The second kappa shape index (κ2) is 5.74. The highest BCUT2D eigenvalue weighted by molar-refractivity contribution is 6.09. The summed E-state index contributed by atoms with van der Waals surface area (Å²) < 4.78 is 11.0. The van der Waals surface area contributed by atoms with Crippen LogP contribution in [0, 0.1) is 0 Å². The molecule has 1 aromatic heterocycles. The van der Waals surface area contributed by atoms with Crippen molar-refractivity contribution >= 4 is 33.5 Å². The van der Waals surface area contributed by atoms with Crippen LogP contribution in [-0.4, -0.2) is 13.0 Å². The van der Waals surface area contributed by atoms with Gasteiger partial charge in [-0.15, -0.1) is 0 Å². The molecular weight excluding hydrogens is 302 g/mol. The van der Waals surface area contributed by atoms with E-state index in [0.717, 1.165) is 21.9 Å². The standard InChI is InChI=1S/C20H15NO3/c1-23-17-8-4-3-7-15(17)20(22)21-13-10-11-19-16(12-13)14-6-2-5-9-18(14)24-19/h2-12H,1H3,(H,21,22). The highest BCUT2D eigenvalue weighted by atomic mass is 16.5. The van der Waals surface area contributed by atoms with Crippen LogP contribution in [0.3, 0.4) is 0 Å². The fraction of sp³-hybridized carbons (Fsp3) is 0.0500. The van der Waals surface area contributed by atoms with Gasteiger partial charge in [0.15, 0.2) is 0 Å². The van der Waals surface area contributed by atoms with Gasteiger partial charge in [0.05, 0.1) is 12.7 Å². The summed E-state index contributed by atoms with van der Waals surface area (Å²) in [4.78, 5) is 12.5. The van der Waals surface area contributed by atoms with Crippen LogP contribution in [0.15, 0.2) is 71.1 Å². The van der Waals surface area contributed by atoms with Crippen molar-refractivity contribution in [2.45, 2.75) is 0 Å². The Morgan fingerprint density at radius 1 is 0.917 bits per heavy atom. The summed E-state index contributed by atoms with van der Waals surface area (Å²) in [5, 5.41) is 4.92. The molecule has 3 aromatic carbocycles. The first kappa shape index (κ1) is 14.3. The zero-order valence-electron chi connectivity index (χ0n) is 13.1. The van der Waals surface area contributed by atoms with Gasteiger partial charge in [0, 0.05) is 16.5 Å². The lowest BCUT2D eigenvalue weighted by Crippen LogP contribution is -2.12. The van der Waals surface area contributed by atoms with Crippen molar-refractivity contribution in [3.05, 3.63) is 72.3 Å². The number of anilines is 1. The van der Waals surface area contributed by atoms with Gasteiger partial charge < -0.3 is 14.5 Å². The average Bonchev–Trinajstić information content (AvgIpc) is 2.99. The van der Waals surface area contributed by atoms with E-state index in [1.54, 1.807) is 19.2 Å². The monoisotopic (exact) mass is 317 g/mol. The molecule has 4 nitrogen and oxygen atoms in total. The predicted molar refractivity (Wildman–Crippen MR) is 94.7 cm³/mol. The van der Waals surface area contributed by atoms with Gasteiger partial charge in [-0.1, -0.05) is 30.3 Å². The minimum Gasteiger partial charge on any atom is -0.496 e. The van der Waals surface area contributed by atoms with Crippen molar-refractivity contribution < 1.29 is 13.9 Å². The fourth-order valence-corrected chi connectivity index (χ4v) is 2.83. The second-order valence-corrected chi connectivity index (χ2v) is 5.46. The molecule has 0 spiro atoms. The Bertz CT molecular complexity index is 1050. The zero-order valence-corrected chi connectivity index (χ0v) is 13.1. The minimum absolute atomic E-state index is 0.209. The molecule has 4 aromatic rings. The molecule has 0 aliphatic carbocycles. The first-order valence-corrected chi connectivity index (χ1v) is 7.62. The molecule has 0 saturated carbocycles. The number of methoxy groups -OCH3 is 1. The van der Waals surface area contributed by atoms with Gasteiger partial charge in [-0.05, 0) is 36.4 Å². The molecule has 4 heteroatoms. The number of carbonyl (C=O) groups excluding carboxylic acids is 1. The third-order valence-electron chi connectivity index (χ3n) is 3.99. The van der Waals surface area contributed by atoms with Crippen molar-refractivity contribution in [1.82, 2.24) is 0 Å². The number of hydrogen-bond acceptors (Lipinski definition) is 3. The third-order valence-corrected chi connectivity index (χ3v) is 3.99. The summed E-state index contributed by atoms with van der Waals surface area (Å²) in [5.74, 6) is 0.337. The molecule has 118 valence electrons. The summed E-state index contributed by atoms with van der Waals surface area (Å²) in [7, 11) is 1.55. The van der Waals surface area contributed by atoms with Gasteiger partial charge in [0.1, 0.15) is 16.9 Å². The molecule has 0 saturated heterocycles. The normalized spacial score (nSPS) is 10.9. The largest absolute Gasteiger partial charge is 0.496 e. The maximum absolute atomic E-state index is 12.5. The zero-order chi connectivity index (χ0) is 16.5. The summed E-state index contributed by atoms with van der Waals surface area (Å²) in [6.45, 7) is 0. The fourth-order valence-electron chi connectivity index (χ4n) is 2.83. The molecule has 0 radical (unpaired) electrons. The van der Waals surface area contributed by atoms with E-state index in [0.29, 0.717) is 17.0 Å². The molecule has 0 atom stereocenters. The molecule has 1 N–H and O–H groups in total. The molecule has 0 aliphatic heterocycles. The van der Waals surface area contributed by atoms with E-state index < -0.39 is 0 Å². The molecule has 1 amide bonds. The Hall–Kier alpha value is -3.27. The number of rotatable bonds is 3. The van der Waals surface area contributed by atoms with Crippen molar-refractivity contribution in [1.29, 1.82) is 0 Å². The highest BCUT2D eigenvalue weighted by Gasteiger charge is 2.13.